The van der Waals surface area contributed by atoms with E-state index < -0.39 is 0 Å². The van der Waals surface area contributed by atoms with E-state index in [-0.39, 0.29) is 17.9 Å². The van der Waals surface area contributed by atoms with Crippen LogP contribution in [0.3, 0.4) is 0 Å². The number of hydrogen-bond donors (Lipinski definition) is 1. The first-order chi connectivity index (χ1) is 10.1. The fourth-order valence-corrected chi connectivity index (χ4v) is 2.76. The molecule has 1 aliphatic rings. The van der Waals surface area contributed by atoms with Gasteiger partial charge in [-0.1, -0.05) is 6.07 Å². The molecule has 0 spiro atoms. The molecule has 1 aromatic heterocycles. The summed E-state index contributed by atoms with van der Waals surface area (Å²) in [7, 11) is 3.42. The lowest BCUT2D eigenvalue weighted by Crippen LogP contribution is -2.45. The number of H-pyrrole nitrogens is 1. The molecule has 1 aliphatic heterocycles. The smallest absolute Gasteiger partial charge is 0.256 e. The molecular weight excluding hydrogens is 270 g/mol. The molecule has 110 valence electrons. The van der Waals surface area contributed by atoms with E-state index in [1.807, 2.05) is 0 Å². The third-order valence-corrected chi connectivity index (χ3v) is 3.82. The number of aromatic amines is 1. The molecule has 7 heteroatoms. The second-order valence-electron chi connectivity index (χ2n) is 5.39. The summed E-state index contributed by atoms with van der Waals surface area (Å²) in [6.07, 6.45) is 1.54. The highest BCUT2D eigenvalue weighted by atomic mass is 16.2. The highest BCUT2D eigenvalue weighted by molar-refractivity contribution is 6.06. The minimum Gasteiger partial charge on any atom is -0.347 e. The van der Waals surface area contributed by atoms with E-state index in [4.69, 9.17) is 0 Å². The monoisotopic (exact) mass is 287 g/mol. The van der Waals surface area contributed by atoms with Crippen LogP contribution in [0, 0.1) is 0 Å². The quantitative estimate of drug-likeness (QED) is 0.879. The number of hydrogen-bond acceptors (Lipinski definition) is 4. The van der Waals surface area contributed by atoms with Gasteiger partial charge < -0.3 is 9.80 Å². The van der Waals surface area contributed by atoms with Crippen LogP contribution in [-0.4, -0.2) is 63.7 Å². The number of benzene rings is 1. The average molecular weight is 287 g/mol. The Morgan fingerprint density at radius 2 is 2.14 bits per heavy atom. The van der Waals surface area contributed by atoms with Crippen LogP contribution in [-0.2, 0) is 4.79 Å². The van der Waals surface area contributed by atoms with Gasteiger partial charge >= 0.3 is 0 Å². The maximum absolute atomic E-state index is 12.8. The van der Waals surface area contributed by atoms with Gasteiger partial charge in [-0.15, -0.1) is 0 Å². The zero-order chi connectivity index (χ0) is 15.0. The number of amides is 2. The standard InChI is InChI=1S/C14H17N5O2/c1-18(2)14(21)11-7-4-8-19(11)13(20)9-5-3-6-10-12(9)16-17-15-10/h3,5-6,11H,4,7-8H2,1-2H3,(H,15,16,17). The number of fused-ring (bicyclic) bond motifs is 1. The fraction of sp³-hybridized carbons (Fsp3) is 0.429. The summed E-state index contributed by atoms with van der Waals surface area (Å²) in [6, 6.07) is 4.91. The van der Waals surface area contributed by atoms with Gasteiger partial charge in [0, 0.05) is 20.6 Å². The molecule has 1 N–H and O–H groups in total. The molecule has 1 unspecified atom stereocenters. The summed E-state index contributed by atoms with van der Waals surface area (Å²) in [5, 5.41) is 10.6. The molecule has 3 rings (SSSR count). The second kappa shape index (κ2) is 5.16. The van der Waals surface area contributed by atoms with Gasteiger partial charge in [0.2, 0.25) is 5.91 Å². The van der Waals surface area contributed by atoms with Crippen LogP contribution in [0.15, 0.2) is 18.2 Å². The predicted molar refractivity (Wildman–Crippen MR) is 76.6 cm³/mol. The number of nitrogens with zero attached hydrogens (tertiary/aromatic N) is 4. The van der Waals surface area contributed by atoms with Crippen molar-refractivity contribution in [3.05, 3.63) is 23.8 Å². The van der Waals surface area contributed by atoms with Crippen molar-refractivity contribution >= 4 is 22.8 Å². The van der Waals surface area contributed by atoms with E-state index in [1.54, 1.807) is 37.2 Å². The van der Waals surface area contributed by atoms with E-state index in [9.17, 15) is 9.59 Å². The van der Waals surface area contributed by atoms with Gasteiger partial charge in [-0.3, -0.25) is 9.59 Å². The van der Waals surface area contributed by atoms with Crippen LogP contribution in [0.5, 0.6) is 0 Å². The Morgan fingerprint density at radius 1 is 1.33 bits per heavy atom. The molecule has 1 saturated heterocycles. The molecule has 2 heterocycles. The van der Waals surface area contributed by atoms with Gasteiger partial charge in [0.25, 0.3) is 5.91 Å². The number of nitrogens with one attached hydrogen (secondary N) is 1. The van der Waals surface area contributed by atoms with E-state index in [1.165, 1.54) is 4.90 Å². The van der Waals surface area contributed by atoms with Crippen molar-refractivity contribution < 1.29 is 9.59 Å². The summed E-state index contributed by atoms with van der Waals surface area (Å²) in [6.45, 7) is 0.595. The molecule has 2 aromatic rings. The maximum Gasteiger partial charge on any atom is 0.256 e. The van der Waals surface area contributed by atoms with E-state index in [2.05, 4.69) is 15.4 Å². The minimum absolute atomic E-state index is 0.0341. The minimum atomic E-state index is -0.380. The second-order valence-corrected chi connectivity index (χ2v) is 5.39. The zero-order valence-corrected chi connectivity index (χ0v) is 12.0. The molecule has 0 aliphatic carbocycles. The third-order valence-electron chi connectivity index (χ3n) is 3.82. The molecular formula is C14H17N5O2. The first kappa shape index (κ1) is 13.5. The van der Waals surface area contributed by atoms with Crippen molar-refractivity contribution in [3.8, 4) is 0 Å². The molecule has 7 nitrogen and oxygen atoms in total. The fourth-order valence-electron chi connectivity index (χ4n) is 2.76. The Bertz CT molecular complexity index is 693. The van der Waals surface area contributed by atoms with Crippen molar-refractivity contribution in [3.63, 3.8) is 0 Å². The Balaban J connectivity index is 1.94. The first-order valence-corrected chi connectivity index (χ1v) is 6.91. The summed E-state index contributed by atoms with van der Waals surface area (Å²) in [5.41, 5.74) is 1.68. The van der Waals surface area contributed by atoms with E-state index >= 15 is 0 Å². The van der Waals surface area contributed by atoms with Crippen molar-refractivity contribution in [2.75, 3.05) is 20.6 Å². The lowest BCUT2D eigenvalue weighted by molar-refractivity contribution is -0.132. The Hall–Kier alpha value is -2.44. The van der Waals surface area contributed by atoms with Gasteiger partial charge in [0.1, 0.15) is 17.1 Å². The Morgan fingerprint density at radius 3 is 2.90 bits per heavy atom. The molecule has 1 aromatic carbocycles. The molecule has 1 atom stereocenters. The average Bonchev–Trinajstić information content (AvgIpc) is 3.13. The van der Waals surface area contributed by atoms with E-state index in [0.29, 0.717) is 29.6 Å². The summed E-state index contributed by atoms with van der Waals surface area (Å²) in [4.78, 5) is 28.2. The summed E-state index contributed by atoms with van der Waals surface area (Å²) in [5.74, 6) is -0.194. The van der Waals surface area contributed by atoms with Crippen molar-refractivity contribution in [1.29, 1.82) is 0 Å². The van der Waals surface area contributed by atoms with Gasteiger partial charge in [-0.2, -0.15) is 15.4 Å². The Labute approximate surface area is 121 Å². The lowest BCUT2D eigenvalue weighted by atomic mass is 10.1. The predicted octanol–water partition coefficient (Wildman–Crippen LogP) is 0.651. The third kappa shape index (κ3) is 2.24. The van der Waals surface area contributed by atoms with Crippen LogP contribution in [0.1, 0.15) is 23.2 Å². The highest BCUT2D eigenvalue weighted by Crippen LogP contribution is 2.23. The number of para-hydroxylation sites is 1. The van der Waals surface area contributed by atoms with Crippen LogP contribution in [0.2, 0.25) is 0 Å². The lowest BCUT2D eigenvalue weighted by Gasteiger charge is -2.26. The number of rotatable bonds is 2. The van der Waals surface area contributed by atoms with Gasteiger partial charge in [-0.05, 0) is 25.0 Å². The first-order valence-electron chi connectivity index (χ1n) is 6.91. The van der Waals surface area contributed by atoms with Crippen LogP contribution < -0.4 is 0 Å². The maximum atomic E-state index is 12.8. The van der Waals surface area contributed by atoms with Crippen molar-refractivity contribution in [1.82, 2.24) is 25.2 Å². The number of likely N-dealkylation sites (tertiary alicyclic amines) is 1. The molecule has 0 radical (unpaired) electrons. The van der Waals surface area contributed by atoms with Gasteiger partial charge in [0.05, 0.1) is 5.56 Å². The van der Waals surface area contributed by atoms with Crippen LogP contribution >= 0.6 is 0 Å². The van der Waals surface area contributed by atoms with Crippen LogP contribution in [0.25, 0.3) is 11.0 Å². The van der Waals surface area contributed by atoms with Crippen molar-refractivity contribution in [2.45, 2.75) is 18.9 Å². The number of carbonyl (C=O) groups excluding carboxylic acids is 2. The summed E-state index contributed by atoms with van der Waals surface area (Å²) < 4.78 is 0. The number of likely N-dealkylation sites (N-methyl/N-ethyl adjacent to an activating group) is 1. The highest BCUT2D eigenvalue weighted by Gasteiger charge is 2.36. The van der Waals surface area contributed by atoms with Gasteiger partial charge in [-0.25, -0.2) is 0 Å². The number of carbonyl (C=O) groups is 2. The normalized spacial score (nSPS) is 18.2. The largest absolute Gasteiger partial charge is 0.347 e. The van der Waals surface area contributed by atoms with Gasteiger partial charge in [0.15, 0.2) is 0 Å². The SMILES string of the molecule is CN(C)C(=O)C1CCCN1C(=O)c1cccc2n[nH]nc12. The van der Waals surface area contributed by atoms with Crippen molar-refractivity contribution in [2.24, 2.45) is 0 Å². The Kier molecular flexibility index (Phi) is 3.32. The molecule has 21 heavy (non-hydrogen) atoms. The molecule has 2 amide bonds. The zero-order valence-electron chi connectivity index (χ0n) is 12.0. The summed E-state index contributed by atoms with van der Waals surface area (Å²) >= 11 is 0. The molecule has 0 bridgehead atoms. The van der Waals surface area contributed by atoms with E-state index in [0.717, 1.165) is 6.42 Å². The molecule has 0 saturated carbocycles. The topological polar surface area (TPSA) is 82.2 Å². The molecule has 1 fully saturated rings. The number of aromatic nitrogens is 3. The van der Waals surface area contributed by atoms with Crippen LogP contribution in [0.4, 0.5) is 0 Å².